The summed E-state index contributed by atoms with van der Waals surface area (Å²) in [5.74, 6) is 1.29. The Kier molecular flexibility index (Phi) is 6.05. The molecule has 4 nitrogen and oxygen atoms in total. The lowest BCUT2D eigenvalue weighted by Crippen LogP contribution is -2.34. The summed E-state index contributed by atoms with van der Waals surface area (Å²) < 4.78 is 10.0. The molecule has 1 fully saturated rings. The van der Waals surface area contributed by atoms with E-state index in [4.69, 9.17) is 10.5 Å². The number of hydrogen-bond donors (Lipinski definition) is 1. The van der Waals surface area contributed by atoms with E-state index >= 15 is 0 Å². The highest BCUT2D eigenvalue weighted by atomic mass is 32.2. The molecule has 0 saturated carbocycles. The van der Waals surface area contributed by atoms with Crippen molar-refractivity contribution in [1.29, 1.82) is 0 Å². The molecule has 5 heteroatoms. The normalized spacial score (nSPS) is 22.7. The highest BCUT2D eigenvalue weighted by molar-refractivity contribution is 7.99. The van der Waals surface area contributed by atoms with E-state index in [1.165, 1.54) is 20.0 Å². The molecule has 2 unspecified atom stereocenters. The summed E-state index contributed by atoms with van der Waals surface area (Å²) in [5, 5.41) is 0. The first-order valence-corrected chi connectivity index (χ1v) is 6.42. The zero-order valence-corrected chi connectivity index (χ0v) is 9.92. The average molecular weight is 233 g/mol. The predicted octanol–water partition coefficient (Wildman–Crippen LogP) is 0.789. The second-order valence-electron chi connectivity index (χ2n) is 3.63. The van der Waals surface area contributed by atoms with Gasteiger partial charge in [0.05, 0.1) is 13.2 Å². The van der Waals surface area contributed by atoms with Gasteiger partial charge in [0.25, 0.3) is 0 Å². The zero-order valence-electron chi connectivity index (χ0n) is 9.11. The van der Waals surface area contributed by atoms with Crippen molar-refractivity contribution >= 4 is 17.7 Å². The van der Waals surface area contributed by atoms with Gasteiger partial charge in [0, 0.05) is 12.4 Å². The van der Waals surface area contributed by atoms with Gasteiger partial charge < -0.3 is 15.2 Å². The summed E-state index contributed by atoms with van der Waals surface area (Å²) in [4.78, 5) is 11.0. The number of ether oxygens (including phenoxy) is 2. The van der Waals surface area contributed by atoms with Crippen molar-refractivity contribution in [1.82, 2.24) is 0 Å². The quantitative estimate of drug-likeness (QED) is 0.543. The van der Waals surface area contributed by atoms with Crippen LogP contribution in [-0.4, -0.2) is 43.3 Å². The number of nitrogens with two attached hydrogens (primary N) is 1. The Morgan fingerprint density at radius 3 is 3.13 bits per heavy atom. The molecule has 0 aromatic rings. The first-order chi connectivity index (χ1) is 7.24. The van der Waals surface area contributed by atoms with Crippen LogP contribution in [-0.2, 0) is 14.3 Å². The molecule has 0 radical (unpaired) electrons. The van der Waals surface area contributed by atoms with E-state index in [0.717, 1.165) is 18.8 Å². The molecule has 0 aromatic carbocycles. The Balaban J connectivity index is 1.98. The largest absolute Gasteiger partial charge is 0.468 e. The maximum absolute atomic E-state index is 11.0. The maximum Gasteiger partial charge on any atom is 0.323 e. The van der Waals surface area contributed by atoms with Gasteiger partial charge in [-0.05, 0) is 25.0 Å². The monoisotopic (exact) mass is 233 g/mol. The van der Waals surface area contributed by atoms with E-state index in [1.807, 2.05) is 0 Å². The van der Waals surface area contributed by atoms with E-state index in [0.29, 0.717) is 11.9 Å². The standard InChI is InChI=1S/C10H19NO3S/c1-13-10(12)9(11)7-15-6-4-8-3-2-5-14-8/h8-9H,2-7,11H2,1H3. The fourth-order valence-corrected chi connectivity index (χ4v) is 2.50. The summed E-state index contributed by atoms with van der Waals surface area (Å²) in [6, 6.07) is -0.496. The molecule has 0 aromatic heterocycles. The Labute approximate surface area is 94.9 Å². The Bertz CT molecular complexity index is 195. The molecular formula is C10H19NO3S. The smallest absolute Gasteiger partial charge is 0.323 e. The van der Waals surface area contributed by atoms with Crippen molar-refractivity contribution in [3.05, 3.63) is 0 Å². The third-order valence-electron chi connectivity index (χ3n) is 2.41. The summed E-state index contributed by atoms with van der Waals surface area (Å²) >= 11 is 1.69. The van der Waals surface area contributed by atoms with Crippen LogP contribution in [0.2, 0.25) is 0 Å². The Morgan fingerprint density at radius 2 is 2.53 bits per heavy atom. The molecule has 1 rings (SSSR count). The molecule has 88 valence electrons. The zero-order chi connectivity index (χ0) is 11.1. The molecule has 1 aliphatic heterocycles. The molecule has 1 aliphatic rings. The van der Waals surface area contributed by atoms with Crippen LogP contribution in [0.5, 0.6) is 0 Å². The minimum atomic E-state index is -0.496. The van der Waals surface area contributed by atoms with E-state index in [9.17, 15) is 4.79 Å². The second-order valence-corrected chi connectivity index (χ2v) is 4.78. The van der Waals surface area contributed by atoms with Crippen LogP contribution in [0, 0.1) is 0 Å². The SMILES string of the molecule is COC(=O)C(N)CSCCC1CCCO1. The first-order valence-electron chi connectivity index (χ1n) is 5.26. The molecule has 0 spiro atoms. The molecule has 1 heterocycles. The van der Waals surface area contributed by atoms with E-state index in [2.05, 4.69) is 4.74 Å². The number of carbonyl (C=O) groups excluding carboxylic acids is 1. The summed E-state index contributed by atoms with van der Waals surface area (Å²) in [6.07, 6.45) is 3.82. The third kappa shape index (κ3) is 4.86. The van der Waals surface area contributed by atoms with Crippen LogP contribution in [0.15, 0.2) is 0 Å². The molecule has 0 aliphatic carbocycles. The van der Waals surface area contributed by atoms with Crippen molar-refractivity contribution in [3.8, 4) is 0 Å². The summed E-state index contributed by atoms with van der Waals surface area (Å²) in [5.41, 5.74) is 5.60. The minimum absolute atomic E-state index is 0.334. The van der Waals surface area contributed by atoms with Crippen molar-refractivity contribution in [2.75, 3.05) is 25.2 Å². The lowest BCUT2D eigenvalue weighted by Gasteiger charge is -2.10. The van der Waals surface area contributed by atoms with Gasteiger partial charge in [0.1, 0.15) is 6.04 Å². The number of esters is 1. The van der Waals surface area contributed by atoms with E-state index < -0.39 is 6.04 Å². The van der Waals surface area contributed by atoms with E-state index in [-0.39, 0.29) is 5.97 Å². The van der Waals surface area contributed by atoms with Crippen molar-refractivity contribution < 1.29 is 14.3 Å². The number of rotatable bonds is 6. The third-order valence-corrected chi connectivity index (χ3v) is 3.53. The molecule has 1 saturated heterocycles. The molecule has 0 amide bonds. The van der Waals surface area contributed by atoms with Gasteiger partial charge in [-0.3, -0.25) is 4.79 Å². The van der Waals surface area contributed by atoms with Gasteiger partial charge in [0.2, 0.25) is 0 Å². The Morgan fingerprint density at radius 1 is 1.73 bits per heavy atom. The highest BCUT2D eigenvalue weighted by Gasteiger charge is 2.16. The van der Waals surface area contributed by atoms with Gasteiger partial charge in [-0.2, -0.15) is 11.8 Å². The van der Waals surface area contributed by atoms with Crippen molar-refractivity contribution in [2.24, 2.45) is 5.73 Å². The van der Waals surface area contributed by atoms with E-state index in [1.54, 1.807) is 11.8 Å². The minimum Gasteiger partial charge on any atom is -0.468 e. The van der Waals surface area contributed by atoms with Crippen molar-refractivity contribution in [2.45, 2.75) is 31.4 Å². The first kappa shape index (κ1) is 12.8. The van der Waals surface area contributed by atoms with Crippen LogP contribution in [0.1, 0.15) is 19.3 Å². The van der Waals surface area contributed by atoms with Crippen LogP contribution < -0.4 is 5.73 Å². The fraction of sp³-hybridized carbons (Fsp3) is 0.900. The lowest BCUT2D eigenvalue weighted by atomic mass is 10.2. The summed E-state index contributed by atoms with van der Waals surface area (Å²) in [6.45, 7) is 0.900. The number of carbonyl (C=O) groups is 1. The van der Waals surface area contributed by atoms with Crippen LogP contribution in [0.25, 0.3) is 0 Å². The number of thioether (sulfide) groups is 1. The highest BCUT2D eigenvalue weighted by Crippen LogP contribution is 2.17. The molecule has 2 N–H and O–H groups in total. The summed E-state index contributed by atoms with van der Waals surface area (Å²) in [7, 11) is 1.36. The Hall–Kier alpha value is -0.260. The number of hydrogen-bond acceptors (Lipinski definition) is 5. The van der Waals surface area contributed by atoms with Crippen molar-refractivity contribution in [3.63, 3.8) is 0 Å². The average Bonchev–Trinajstić information content (AvgIpc) is 2.75. The molecule has 2 atom stereocenters. The van der Waals surface area contributed by atoms with Gasteiger partial charge >= 0.3 is 5.97 Å². The molecular weight excluding hydrogens is 214 g/mol. The second kappa shape index (κ2) is 7.09. The topological polar surface area (TPSA) is 61.5 Å². The molecule has 15 heavy (non-hydrogen) atoms. The van der Waals surface area contributed by atoms with Gasteiger partial charge in [0.15, 0.2) is 0 Å². The van der Waals surface area contributed by atoms with Gasteiger partial charge in [-0.25, -0.2) is 0 Å². The predicted molar refractivity (Wildman–Crippen MR) is 60.9 cm³/mol. The van der Waals surface area contributed by atoms with Gasteiger partial charge in [-0.1, -0.05) is 0 Å². The van der Waals surface area contributed by atoms with Gasteiger partial charge in [-0.15, -0.1) is 0 Å². The van der Waals surface area contributed by atoms with Crippen LogP contribution in [0.3, 0.4) is 0 Å². The number of methoxy groups -OCH3 is 1. The maximum atomic E-state index is 11.0. The van der Waals surface area contributed by atoms with Crippen LogP contribution >= 0.6 is 11.8 Å². The van der Waals surface area contributed by atoms with Crippen LogP contribution in [0.4, 0.5) is 0 Å². The lowest BCUT2D eigenvalue weighted by molar-refractivity contribution is -0.141. The molecule has 0 bridgehead atoms. The fourth-order valence-electron chi connectivity index (χ4n) is 1.52.